The van der Waals surface area contributed by atoms with E-state index in [-0.39, 0.29) is 12.1 Å². The van der Waals surface area contributed by atoms with Gasteiger partial charge in [0.1, 0.15) is 0 Å². The van der Waals surface area contributed by atoms with E-state index in [1.54, 1.807) is 7.11 Å². The Hall–Kier alpha value is -1.04. The van der Waals surface area contributed by atoms with E-state index in [2.05, 4.69) is 13.8 Å². The average molecular weight is 287 g/mol. The second-order valence-electron chi connectivity index (χ2n) is 5.31. The Bertz CT molecular complexity index is 413. The molecule has 0 spiro atoms. The molecule has 5 heteroatoms. The third kappa shape index (κ3) is 5.15. The summed E-state index contributed by atoms with van der Waals surface area (Å²) in [4.78, 5) is 1.99. The average Bonchev–Trinajstić information content (AvgIpc) is 2.38. The van der Waals surface area contributed by atoms with Gasteiger partial charge in [0, 0.05) is 32.3 Å². The molecule has 0 aliphatic rings. The zero-order chi connectivity index (χ0) is 15.1. The van der Waals surface area contributed by atoms with Crippen molar-refractivity contribution in [2.24, 2.45) is 5.92 Å². The van der Waals surface area contributed by atoms with Crippen LogP contribution in [0.1, 0.15) is 25.5 Å². The van der Waals surface area contributed by atoms with Crippen LogP contribution < -0.4 is 0 Å². The molecule has 3 nitrogen and oxygen atoms in total. The predicted octanol–water partition coefficient (Wildman–Crippen LogP) is 2.60. The van der Waals surface area contributed by atoms with Crippen LogP contribution in [0, 0.1) is 17.6 Å². The molecule has 1 aromatic rings. The minimum Gasteiger partial charge on any atom is -0.387 e. The Kier molecular flexibility index (Phi) is 7.05. The van der Waals surface area contributed by atoms with Crippen LogP contribution in [0.25, 0.3) is 0 Å². The first-order valence-electron chi connectivity index (χ1n) is 6.79. The molecule has 0 aromatic heterocycles. The highest BCUT2D eigenvalue weighted by Crippen LogP contribution is 2.20. The number of methoxy groups -OCH3 is 1. The van der Waals surface area contributed by atoms with Gasteiger partial charge in [-0.3, -0.25) is 4.90 Å². The van der Waals surface area contributed by atoms with Crippen LogP contribution in [-0.4, -0.2) is 43.4 Å². The van der Waals surface area contributed by atoms with Gasteiger partial charge in [0.15, 0.2) is 11.6 Å². The quantitative estimate of drug-likeness (QED) is 0.798. The van der Waals surface area contributed by atoms with Gasteiger partial charge in [-0.25, -0.2) is 8.78 Å². The highest BCUT2D eigenvalue weighted by Gasteiger charge is 2.19. The SMILES string of the molecule is COCCN(CC(C)C)CC(O)c1cccc(F)c1F. The number of aliphatic hydroxyl groups is 1. The van der Waals surface area contributed by atoms with Crippen LogP contribution in [0.5, 0.6) is 0 Å². The second-order valence-corrected chi connectivity index (χ2v) is 5.31. The lowest BCUT2D eigenvalue weighted by molar-refractivity contribution is 0.0803. The van der Waals surface area contributed by atoms with E-state index in [9.17, 15) is 13.9 Å². The number of nitrogens with zero attached hydrogens (tertiary/aromatic N) is 1. The first kappa shape index (κ1) is 17.0. The molecule has 1 atom stereocenters. The number of ether oxygens (including phenoxy) is 1. The van der Waals surface area contributed by atoms with E-state index in [0.717, 1.165) is 12.6 Å². The molecule has 0 aliphatic carbocycles. The van der Waals surface area contributed by atoms with E-state index in [4.69, 9.17) is 4.74 Å². The lowest BCUT2D eigenvalue weighted by Gasteiger charge is -2.26. The standard InChI is InChI=1S/C15H23F2NO2/c1-11(2)9-18(7-8-20-3)10-14(19)12-5-4-6-13(16)15(12)17/h4-6,11,14,19H,7-10H2,1-3H3. The summed E-state index contributed by atoms with van der Waals surface area (Å²) in [5.41, 5.74) is -0.00354. The zero-order valence-electron chi connectivity index (χ0n) is 12.3. The lowest BCUT2D eigenvalue weighted by atomic mass is 10.1. The summed E-state index contributed by atoms with van der Waals surface area (Å²) in [7, 11) is 1.61. The Morgan fingerprint density at radius 3 is 2.55 bits per heavy atom. The van der Waals surface area contributed by atoms with Gasteiger partial charge in [-0.1, -0.05) is 26.0 Å². The number of halogens is 2. The predicted molar refractivity (Wildman–Crippen MR) is 74.5 cm³/mol. The Labute approximate surface area is 119 Å². The van der Waals surface area contributed by atoms with Gasteiger partial charge in [0.2, 0.25) is 0 Å². The monoisotopic (exact) mass is 287 g/mol. The van der Waals surface area contributed by atoms with Crippen LogP contribution >= 0.6 is 0 Å². The molecule has 0 aliphatic heterocycles. The highest BCUT2D eigenvalue weighted by molar-refractivity contribution is 5.21. The van der Waals surface area contributed by atoms with Crippen molar-refractivity contribution in [1.29, 1.82) is 0 Å². The minimum atomic E-state index is -1.05. The fraction of sp³-hybridized carbons (Fsp3) is 0.600. The minimum absolute atomic E-state index is 0.00354. The maximum Gasteiger partial charge on any atom is 0.164 e. The van der Waals surface area contributed by atoms with Crippen LogP contribution in [0.4, 0.5) is 8.78 Å². The van der Waals surface area contributed by atoms with E-state index < -0.39 is 17.7 Å². The molecule has 114 valence electrons. The van der Waals surface area contributed by atoms with Crippen molar-refractivity contribution in [3.8, 4) is 0 Å². The number of rotatable bonds is 8. The van der Waals surface area contributed by atoms with E-state index in [1.807, 2.05) is 4.90 Å². The molecule has 0 amide bonds. The van der Waals surface area contributed by atoms with Crippen LogP contribution in [0.2, 0.25) is 0 Å². The van der Waals surface area contributed by atoms with Gasteiger partial charge in [0.05, 0.1) is 12.7 Å². The maximum atomic E-state index is 13.6. The molecule has 0 fully saturated rings. The van der Waals surface area contributed by atoms with Crippen molar-refractivity contribution in [3.05, 3.63) is 35.4 Å². The molecular formula is C15H23F2NO2. The number of aliphatic hydroxyl groups excluding tert-OH is 1. The molecule has 0 saturated carbocycles. The van der Waals surface area contributed by atoms with Crippen LogP contribution in [-0.2, 0) is 4.74 Å². The summed E-state index contributed by atoms with van der Waals surface area (Å²) < 4.78 is 31.8. The zero-order valence-corrected chi connectivity index (χ0v) is 12.3. The molecule has 1 N–H and O–H groups in total. The van der Waals surface area contributed by atoms with E-state index >= 15 is 0 Å². The molecule has 0 radical (unpaired) electrons. The van der Waals surface area contributed by atoms with Crippen molar-refractivity contribution >= 4 is 0 Å². The number of benzene rings is 1. The summed E-state index contributed by atoms with van der Waals surface area (Å²) in [6.45, 7) is 6.32. The van der Waals surface area contributed by atoms with Gasteiger partial charge < -0.3 is 9.84 Å². The molecule has 20 heavy (non-hydrogen) atoms. The van der Waals surface area contributed by atoms with Gasteiger partial charge in [0.25, 0.3) is 0 Å². The van der Waals surface area contributed by atoms with Crippen molar-refractivity contribution in [2.45, 2.75) is 20.0 Å². The smallest absolute Gasteiger partial charge is 0.164 e. The molecule has 1 unspecified atom stereocenters. The van der Waals surface area contributed by atoms with Crippen molar-refractivity contribution < 1.29 is 18.6 Å². The maximum absolute atomic E-state index is 13.6. The van der Waals surface area contributed by atoms with Crippen molar-refractivity contribution in [2.75, 3.05) is 33.4 Å². The van der Waals surface area contributed by atoms with Gasteiger partial charge in [-0.15, -0.1) is 0 Å². The molecule has 0 saturated heterocycles. The van der Waals surface area contributed by atoms with Crippen molar-refractivity contribution in [3.63, 3.8) is 0 Å². The summed E-state index contributed by atoms with van der Waals surface area (Å²) in [6.07, 6.45) is -1.05. The third-order valence-corrected chi connectivity index (χ3v) is 3.01. The summed E-state index contributed by atoms with van der Waals surface area (Å²) in [6, 6.07) is 3.86. The molecule has 1 rings (SSSR count). The van der Waals surface area contributed by atoms with E-state index in [0.29, 0.717) is 19.1 Å². The fourth-order valence-corrected chi connectivity index (χ4v) is 2.11. The normalized spacial score (nSPS) is 13.2. The summed E-state index contributed by atoms with van der Waals surface area (Å²) in [5.74, 6) is -1.50. The Morgan fingerprint density at radius 2 is 1.95 bits per heavy atom. The Balaban J connectivity index is 2.73. The Morgan fingerprint density at radius 1 is 1.25 bits per heavy atom. The molecule has 0 heterocycles. The number of hydrogen-bond donors (Lipinski definition) is 1. The fourth-order valence-electron chi connectivity index (χ4n) is 2.11. The van der Waals surface area contributed by atoms with E-state index in [1.165, 1.54) is 12.1 Å². The van der Waals surface area contributed by atoms with Crippen LogP contribution in [0.15, 0.2) is 18.2 Å². The summed E-state index contributed by atoms with van der Waals surface area (Å²) in [5, 5.41) is 10.1. The molecular weight excluding hydrogens is 264 g/mol. The second kappa shape index (κ2) is 8.29. The summed E-state index contributed by atoms with van der Waals surface area (Å²) >= 11 is 0. The highest BCUT2D eigenvalue weighted by atomic mass is 19.2. The molecule has 1 aromatic carbocycles. The first-order chi connectivity index (χ1) is 9.45. The lowest BCUT2D eigenvalue weighted by Crippen LogP contribution is -2.35. The largest absolute Gasteiger partial charge is 0.387 e. The number of hydrogen-bond acceptors (Lipinski definition) is 3. The first-order valence-corrected chi connectivity index (χ1v) is 6.79. The van der Waals surface area contributed by atoms with Gasteiger partial charge in [-0.2, -0.15) is 0 Å². The third-order valence-electron chi connectivity index (χ3n) is 3.01. The van der Waals surface area contributed by atoms with Gasteiger partial charge in [-0.05, 0) is 12.0 Å². The van der Waals surface area contributed by atoms with Crippen LogP contribution in [0.3, 0.4) is 0 Å². The topological polar surface area (TPSA) is 32.7 Å². The molecule has 0 bridgehead atoms. The van der Waals surface area contributed by atoms with Gasteiger partial charge >= 0.3 is 0 Å². The van der Waals surface area contributed by atoms with Crippen molar-refractivity contribution in [1.82, 2.24) is 4.90 Å².